The summed E-state index contributed by atoms with van der Waals surface area (Å²) in [4.78, 5) is 0. The predicted octanol–water partition coefficient (Wildman–Crippen LogP) is 17.0. The molecule has 0 saturated heterocycles. The van der Waals surface area contributed by atoms with Crippen molar-refractivity contribution in [3.63, 3.8) is 0 Å². The van der Waals surface area contributed by atoms with E-state index in [9.17, 15) is 0 Å². The Labute approximate surface area is 323 Å². The topological polar surface area (TPSA) is 8.81 Å². The zero-order valence-corrected chi connectivity index (χ0v) is 36.0. The first-order valence-corrected chi connectivity index (χ1v) is 24.4. The molecule has 1 aromatic heterocycles. The Bertz CT molecular complexity index is 781. The van der Waals surface area contributed by atoms with E-state index in [2.05, 4.69) is 42.3 Å². The lowest BCUT2D eigenvalue weighted by atomic mass is 10.0. The van der Waals surface area contributed by atoms with Crippen LogP contribution in [0.2, 0.25) is 0 Å². The summed E-state index contributed by atoms with van der Waals surface area (Å²) in [6.45, 7) is 9.42. The molecule has 0 aromatic carbocycles. The first-order chi connectivity index (χ1) is 25.3. The van der Waals surface area contributed by atoms with Crippen LogP contribution in [0.15, 0.2) is 12.4 Å². The lowest BCUT2D eigenvalue weighted by molar-refractivity contribution is -0.704. The molecule has 302 valence electrons. The first kappa shape index (κ1) is 48.2. The van der Waals surface area contributed by atoms with Gasteiger partial charge >= 0.3 is 0 Å². The van der Waals surface area contributed by atoms with Gasteiger partial charge < -0.3 is 0 Å². The van der Waals surface area contributed by atoms with Gasteiger partial charge in [-0.1, -0.05) is 245 Å². The minimum Gasteiger partial charge on any atom is -0.234 e. The molecule has 0 aliphatic rings. The highest BCUT2D eigenvalue weighted by atomic mass is 15.1. The molecule has 0 spiro atoms. The smallest absolute Gasteiger partial charge is 0.234 e. The van der Waals surface area contributed by atoms with Crippen molar-refractivity contribution >= 4 is 0 Å². The van der Waals surface area contributed by atoms with Crippen LogP contribution in [0.1, 0.15) is 283 Å². The zero-order valence-electron chi connectivity index (χ0n) is 36.0. The maximum Gasteiger partial charge on any atom is 0.256 e. The number of hydrogen-bond acceptors (Lipinski definition) is 0. The van der Waals surface area contributed by atoms with Crippen molar-refractivity contribution in [3.05, 3.63) is 18.2 Å². The van der Waals surface area contributed by atoms with E-state index in [-0.39, 0.29) is 0 Å². The van der Waals surface area contributed by atoms with Gasteiger partial charge in [-0.2, -0.15) is 0 Å². The van der Waals surface area contributed by atoms with Gasteiger partial charge in [0.1, 0.15) is 12.4 Å². The SMILES string of the molecule is CCCCCCCCCCCCCCCCc1n(CCCCCCCCCCCCCC)cc[n+]1CCCCCCCCCCCCCCCC. The predicted molar refractivity (Wildman–Crippen MR) is 230 cm³/mol. The van der Waals surface area contributed by atoms with Gasteiger partial charge in [-0.15, -0.1) is 0 Å². The molecule has 0 aliphatic carbocycles. The van der Waals surface area contributed by atoms with Crippen LogP contribution in [0.4, 0.5) is 0 Å². The number of hydrogen-bond donors (Lipinski definition) is 0. The fourth-order valence-electron chi connectivity index (χ4n) is 8.27. The summed E-state index contributed by atoms with van der Waals surface area (Å²) in [6, 6.07) is 0. The first-order valence-electron chi connectivity index (χ1n) is 24.4. The van der Waals surface area contributed by atoms with E-state index in [0.717, 1.165) is 0 Å². The van der Waals surface area contributed by atoms with Crippen LogP contribution in [0.25, 0.3) is 0 Å². The molecule has 0 N–H and O–H groups in total. The van der Waals surface area contributed by atoms with Crippen molar-refractivity contribution in [3.8, 4) is 0 Å². The normalized spacial score (nSPS) is 11.7. The molecule has 1 rings (SSSR count). The molecule has 0 aliphatic heterocycles. The Morgan fingerprint density at radius 2 is 0.608 bits per heavy atom. The summed E-state index contributed by atoms with van der Waals surface area (Å²) >= 11 is 0. The van der Waals surface area contributed by atoms with Gasteiger partial charge in [0.25, 0.3) is 5.82 Å². The molecule has 0 atom stereocenters. The minimum absolute atomic E-state index is 1.23. The molecule has 1 heterocycles. The van der Waals surface area contributed by atoms with Crippen molar-refractivity contribution in [1.29, 1.82) is 0 Å². The average molecular weight is 714 g/mol. The van der Waals surface area contributed by atoms with Crippen molar-refractivity contribution in [2.75, 3.05) is 0 Å². The molecular weight excluding hydrogens is 617 g/mol. The molecule has 0 unspecified atom stereocenters. The van der Waals surface area contributed by atoms with Crippen LogP contribution in [0.5, 0.6) is 0 Å². The van der Waals surface area contributed by atoms with Crippen molar-refractivity contribution in [2.45, 2.75) is 297 Å². The highest BCUT2D eigenvalue weighted by molar-refractivity contribution is 4.84. The van der Waals surface area contributed by atoms with Crippen LogP contribution in [-0.4, -0.2) is 4.57 Å². The maximum absolute atomic E-state index is 2.66. The molecular formula is C49H97N2+. The average Bonchev–Trinajstić information content (AvgIpc) is 3.53. The van der Waals surface area contributed by atoms with E-state index in [1.165, 1.54) is 276 Å². The Balaban J connectivity index is 2.27. The van der Waals surface area contributed by atoms with Crippen molar-refractivity contribution < 1.29 is 4.57 Å². The van der Waals surface area contributed by atoms with Gasteiger partial charge in [-0.25, -0.2) is 9.13 Å². The highest BCUT2D eigenvalue weighted by Gasteiger charge is 2.16. The van der Waals surface area contributed by atoms with Gasteiger partial charge in [0.05, 0.1) is 13.1 Å². The van der Waals surface area contributed by atoms with Crippen LogP contribution < -0.4 is 4.57 Å². The molecule has 0 radical (unpaired) electrons. The Kier molecular flexibility index (Phi) is 38.2. The summed E-state index contributed by atoms with van der Waals surface area (Å²) in [7, 11) is 0. The standard InChI is InChI=1S/C49H97N2/c1-4-7-10-13-16-19-22-25-27-29-32-35-38-41-44-49-50(45-42-39-36-33-30-24-21-18-15-12-9-6-3)47-48-51(49)46-43-40-37-34-31-28-26-23-20-17-14-11-8-5-2/h47-48H,4-46H2,1-3H3/q+1. The molecule has 0 fully saturated rings. The molecule has 0 bridgehead atoms. The Morgan fingerprint density at radius 1 is 0.333 bits per heavy atom. The van der Waals surface area contributed by atoms with E-state index in [1.54, 1.807) is 5.82 Å². The van der Waals surface area contributed by atoms with Crippen molar-refractivity contribution in [2.24, 2.45) is 0 Å². The molecule has 2 heteroatoms. The second-order valence-electron chi connectivity index (χ2n) is 16.9. The molecule has 51 heavy (non-hydrogen) atoms. The molecule has 0 amide bonds. The fraction of sp³-hybridized carbons (Fsp3) is 0.939. The molecule has 2 nitrogen and oxygen atoms in total. The van der Waals surface area contributed by atoms with E-state index in [0.29, 0.717) is 0 Å². The Hall–Kier alpha value is -0.790. The van der Waals surface area contributed by atoms with E-state index in [4.69, 9.17) is 0 Å². The molecule has 1 aromatic rings. The molecule has 0 saturated carbocycles. The quantitative estimate of drug-likeness (QED) is 0.0471. The number of aryl methyl sites for hydroxylation is 2. The third kappa shape index (κ3) is 32.4. The summed E-state index contributed by atoms with van der Waals surface area (Å²) < 4.78 is 5.31. The fourth-order valence-corrected chi connectivity index (χ4v) is 8.27. The van der Waals surface area contributed by atoms with Crippen LogP contribution >= 0.6 is 0 Å². The highest BCUT2D eigenvalue weighted by Crippen LogP contribution is 2.17. The Morgan fingerprint density at radius 3 is 0.941 bits per heavy atom. The van der Waals surface area contributed by atoms with Gasteiger partial charge in [-0.05, 0) is 32.1 Å². The summed E-state index contributed by atoms with van der Waals surface area (Å²) in [5.41, 5.74) is 0. The number of unbranched alkanes of at least 4 members (excludes halogenated alkanes) is 37. The van der Waals surface area contributed by atoms with Crippen LogP contribution in [-0.2, 0) is 19.5 Å². The minimum atomic E-state index is 1.23. The second kappa shape index (κ2) is 40.4. The summed E-state index contributed by atoms with van der Waals surface area (Å²) in [5.74, 6) is 1.63. The zero-order chi connectivity index (χ0) is 36.6. The summed E-state index contributed by atoms with van der Waals surface area (Å²) in [6.07, 6.45) is 63.8. The third-order valence-electron chi connectivity index (χ3n) is 11.8. The number of rotatable bonds is 43. The van der Waals surface area contributed by atoms with E-state index in [1.807, 2.05) is 0 Å². The van der Waals surface area contributed by atoms with Gasteiger partial charge in [0.15, 0.2) is 0 Å². The number of aromatic nitrogens is 2. The van der Waals surface area contributed by atoms with Crippen LogP contribution in [0, 0.1) is 0 Å². The largest absolute Gasteiger partial charge is 0.256 e. The van der Waals surface area contributed by atoms with Gasteiger partial charge in [0.2, 0.25) is 0 Å². The van der Waals surface area contributed by atoms with E-state index >= 15 is 0 Å². The van der Waals surface area contributed by atoms with Gasteiger partial charge in [-0.3, -0.25) is 0 Å². The van der Waals surface area contributed by atoms with Crippen molar-refractivity contribution in [1.82, 2.24) is 4.57 Å². The lowest BCUT2D eigenvalue weighted by Crippen LogP contribution is -2.37. The monoisotopic (exact) mass is 714 g/mol. The summed E-state index contributed by atoms with van der Waals surface area (Å²) in [5, 5.41) is 0. The number of imidazole rings is 1. The van der Waals surface area contributed by atoms with Gasteiger partial charge in [0, 0.05) is 6.42 Å². The second-order valence-corrected chi connectivity index (χ2v) is 16.9. The maximum atomic E-state index is 2.66. The lowest BCUT2D eigenvalue weighted by Gasteiger charge is -2.07. The van der Waals surface area contributed by atoms with E-state index < -0.39 is 0 Å². The third-order valence-corrected chi connectivity index (χ3v) is 11.8. The number of nitrogens with zero attached hydrogens (tertiary/aromatic N) is 2. The van der Waals surface area contributed by atoms with Crippen LogP contribution in [0.3, 0.4) is 0 Å².